The molecule has 0 radical (unpaired) electrons. The second-order valence-corrected chi connectivity index (χ2v) is 3.43. The van der Waals surface area contributed by atoms with Gasteiger partial charge in [-0.05, 0) is 19.1 Å². The zero-order valence-corrected chi connectivity index (χ0v) is 9.42. The van der Waals surface area contributed by atoms with E-state index in [4.69, 9.17) is 5.11 Å². The van der Waals surface area contributed by atoms with Crippen molar-refractivity contribution in [3.8, 4) is 0 Å². The predicted molar refractivity (Wildman–Crippen MR) is 59.2 cm³/mol. The molecule has 1 heterocycles. The highest BCUT2D eigenvalue weighted by Gasteiger charge is 2.10. The number of nitrogens with zero attached hydrogens (tertiary/aromatic N) is 1. The molecule has 0 unspecified atom stereocenters. The number of carboxylic acids is 1. The fourth-order valence-electron chi connectivity index (χ4n) is 1.22. The Kier molecular flexibility index (Phi) is 5.09. The van der Waals surface area contributed by atoms with Crippen LogP contribution in [0.5, 0.6) is 0 Å². The van der Waals surface area contributed by atoms with E-state index in [1.807, 2.05) is 6.07 Å². The number of aromatic nitrogens is 1. The molecular formula is C11H14N2O4. The maximum Gasteiger partial charge on any atom is 0.329 e. The molecule has 0 aliphatic rings. The summed E-state index contributed by atoms with van der Waals surface area (Å²) >= 11 is 0. The number of nitrogens with one attached hydrogen (secondary N) is 1. The van der Waals surface area contributed by atoms with Crippen LogP contribution in [0, 0.1) is 0 Å². The first kappa shape index (κ1) is 13.1. The highest BCUT2D eigenvalue weighted by atomic mass is 16.5. The normalized spacial score (nSPS) is 11.8. The van der Waals surface area contributed by atoms with E-state index >= 15 is 0 Å². The average Bonchev–Trinajstić information content (AvgIpc) is 2.29. The third-order valence-electron chi connectivity index (χ3n) is 1.97. The van der Waals surface area contributed by atoms with Crippen molar-refractivity contribution in [3.63, 3.8) is 0 Å². The number of carboxylic acid groups (broad SMARTS) is 1. The third-order valence-corrected chi connectivity index (χ3v) is 1.97. The molecular weight excluding hydrogens is 224 g/mol. The number of aliphatic carboxylic acids is 1. The van der Waals surface area contributed by atoms with E-state index in [1.54, 1.807) is 25.3 Å². The molecule has 0 aliphatic heterocycles. The van der Waals surface area contributed by atoms with Gasteiger partial charge in [0.1, 0.15) is 13.2 Å². The summed E-state index contributed by atoms with van der Waals surface area (Å²) in [4.78, 5) is 25.6. The molecule has 0 aromatic carbocycles. The molecule has 1 aromatic rings. The molecule has 1 amide bonds. The quantitative estimate of drug-likeness (QED) is 0.747. The van der Waals surface area contributed by atoms with Crippen LogP contribution in [0.4, 0.5) is 0 Å². The van der Waals surface area contributed by atoms with Gasteiger partial charge in [-0.2, -0.15) is 0 Å². The second kappa shape index (κ2) is 6.59. The van der Waals surface area contributed by atoms with Gasteiger partial charge in [-0.25, -0.2) is 4.79 Å². The fraction of sp³-hybridized carbons (Fsp3) is 0.364. The number of hydrogen-bond donors (Lipinski definition) is 2. The number of rotatable bonds is 6. The lowest BCUT2D eigenvalue weighted by molar-refractivity contribution is -0.143. The van der Waals surface area contributed by atoms with Crippen LogP contribution < -0.4 is 5.32 Å². The van der Waals surface area contributed by atoms with Crippen LogP contribution in [0.2, 0.25) is 0 Å². The smallest absolute Gasteiger partial charge is 0.329 e. The number of pyridine rings is 1. The first-order valence-corrected chi connectivity index (χ1v) is 5.09. The Morgan fingerprint density at radius 2 is 2.24 bits per heavy atom. The van der Waals surface area contributed by atoms with Crippen LogP contribution in [-0.4, -0.2) is 35.2 Å². The molecule has 6 heteroatoms. The van der Waals surface area contributed by atoms with Crippen molar-refractivity contribution >= 4 is 11.9 Å². The van der Waals surface area contributed by atoms with Crippen LogP contribution in [0.15, 0.2) is 24.4 Å². The molecule has 0 aliphatic carbocycles. The Bertz CT molecular complexity index is 380. The van der Waals surface area contributed by atoms with Gasteiger partial charge in [0, 0.05) is 6.20 Å². The lowest BCUT2D eigenvalue weighted by Crippen LogP contribution is -2.31. The summed E-state index contributed by atoms with van der Waals surface area (Å²) in [7, 11) is 0. The largest absolute Gasteiger partial charge is 0.480 e. The van der Waals surface area contributed by atoms with E-state index in [-0.39, 0.29) is 18.6 Å². The molecule has 0 saturated heterocycles. The molecule has 1 atom stereocenters. The van der Waals surface area contributed by atoms with Gasteiger partial charge in [0.05, 0.1) is 11.7 Å². The molecule has 0 fully saturated rings. The number of hydrogen-bond acceptors (Lipinski definition) is 4. The Morgan fingerprint density at radius 3 is 2.82 bits per heavy atom. The van der Waals surface area contributed by atoms with E-state index in [0.29, 0.717) is 0 Å². The van der Waals surface area contributed by atoms with Gasteiger partial charge in [-0.1, -0.05) is 6.07 Å². The maximum absolute atomic E-state index is 11.4. The van der Waals surface area contributed by atoms with Crippen LogP contribution in [-0.2, 0) is 14.3 Å². The molecule has 0 spiro atoms. The van der Waals surface area contributed by atoms with Crippen molar-refractivity contribution in [1.29, 1.82) is 0 Å². The van der Waals surface area contributed by atoms with Crippen molar-refractivity contribution in [2.24, 2.45) is 0 Å². The Hall–Kier alpha value is -1.95. The summed E-state index contributed by atoms with van der Waals surface area (Å²) in [5.74, 6) is -1.47. The van der Waals surface area contributed by atoms with Gasteiger partial charge < -0.3 is 15.2 Å². The molecule has 92 valence electrons. The first-order valence-electron chi connectivity index (χ1n) is 5.09. The van der Waals surface area contributed by atoms with Gasteiger partial charge in [0.2, 0.25) is 5.91 Å². The van der Waals surface area contributed by atoms with E-state index in [2.05, 4.69) is 15.0 Å². The van der Waals surface area contributed by atoms with Gasteiger partial charge in [-0.3, -0.25) is 9.78 Å². The zero-order valence-electron chi connectivity index (χ0n) is 9.42. The summed E-state index contributed by atoms with van der Waals surface area (Å²) < 4.78 is 4.66. The average molecular weight is 238 g/mol. The fourth-order valence-corrected chi connectivity index (χ4v) is 1.22. The van der Waals surface area contributed by atoms with Gasteiger partial charge in [0.15, 0.2) is 0 Å². The van der Waals surface area contributed by atoms with E-state index in [0.717, 1.165) is 5.69 Å². The van der Waals surface area contributed by atoms with Crippen molar-refractivity contribution in [1.82, 2.24) is 10.3 Å². The highest BCUT2D eigenvalue weighted by Crippen LogP contribution is 2.07. The first-order chi connectivity index (χ1) is 8.09. The number of carbonyl (C=O) groups is 2. The zero-order chi connectivity index (χ0) is 12.7. The van der Waals surface area contributed by atoms with Crippen molar-refractivity contribution in [2.45, 2.75) is 13.0 Å². The molecule has 2 N–H and O–H groups in total. The lowest BCUT2D eigenvalue weighted by Gasteiger charge is -2.12. The third kappa shape index (κ3) is 5.07. The summed E-state index contributed by atoms with van der Waals surface area (Å²) in [5, 5.41) is 11.0. The molecule has 17 heavy (non-hydrogen) atoms. The van der Waals surface area contributed by atoms with Crippen molar-refractivity contribution < 1.29 is 19.4 Å². The van der Waals surface area contributed by atoms with Crippen LogP contribution in [0.1, 0.15) is 18.7 Å². The second-order valence-electron chi connectivity index (χ2n) is 3.43. The number of carbonyl (C=O) groups excluding carboxylic acids is 1. The standard InChI is InChI=1S/C11H14N2O4/c1-8(9-4-2-3-5-12-9)13-10(14)6-17-7-11(15)16/h2-5,8H,6-7H2,1H3,(H,13,14)(H,15,16)/t8-/m1/s1. The van der Waals surface area contributed by atoms with Gasteiger partial charge in [-0.15, -0.1) is 0 Å². The number of amides is 1. The van der Waals surface area contributed by atoms with E-state index < -0.39 is 12.6 Å². The summed E-state index contributed by atoms with van der Waals surface area (Å²) in [6, 6.07) is 5.17. The summed E-state index contributed by atoms with van der Waals surface area (Å²) in [6.07, 6.45) is 1.64. The minimum absolute atomic E-state index is 0.239. The minimum Gasteiger partial charge on any atom is -0.480 e. The molecule has 6 nitrogen and oxygen atoms in total. The SMILES string of the molecule is C[C@@H](NC(=O)COCC(=O)O)c1ccccn1. The monoisotopic (exact) mass is 238 g/mol. The summed E-state index contributed by atoms with van der Waals surface area (Å²) in [5.41, 5.74) is 0.735. The van der Waals surface area contributed by atoms with Crippen molar-refractivity contribution in [2.75, 3.05) is 13.2 Å². The Morgan fingerprint density at radius 1 is 1.47 bits per heavy atom. The van der Waals surface area contributed by atoms with Crippen LogP contribution in [0.25, 0.3) is 0 Å². The summed E-state index contributed by atoms with van der Waals surface area (Å²) in [6.45, 7) is 1.03. The molecule has 1 rings (SSSR count). The number of ether oxygens (including phenoxy) is 1. The van der Waals surface area contributed by atoms with Gasteiger partial charge >= 0.3 is 5.97 Å². The van der Waals surface area contributed by atoms with Crippen LogP contribution in [0.3, 0.4) is 0 Å². The van der Waals surface area contributed by atoms with Crippen LogP contribution >= 0.6 is 0 Å². The Balaban J connectivity index is 2.34. The molecule has 0 saturated carbocycles. The van der Waals surface area contributed by atoms with E-state index in [9.17, 15) is 9.59 Å². The highest BCUT2D eigenvalue weighted by molar-refractivity contribution is 5.78. The lowest BCUT2D eigenvalue weighted by atomic mass is 10.2. The molecule has 0 bridgehead atoms. The van der Waals surface area contributed by atoms with Crippen molar-refractivity contribution in [3.05, 3.63) is 30.1 Å². The topological polar surface area (TPSA) is 88.5 Å². The van der Waals surface area contributed by atoms with Gasteiger partial charge in [0.25, 0.3) is 0 Å². The van der Waals surface area contributed by atoms with E-state index in [1.165, 1.54) is 0 Å². The minimum atomic E-state index is -1.10. The maximum atomic E-state index is 11.4. The molecule has 1 aromatic heterocycles. The Labute approximate surface area is 98.6 Å². The predicted octanol–water partition coefficient (Wildman–Crippen LogP) is 0.360.